The summed E-state index contributed by atoms with van der Waals surface area (Å²) in [7, 11) is -3.20. The smallest absolute Gasteiger partial charge is 0.213 e. The van der Waals surface area contributed by atoms with Gasteiger partial charge in [-0.2, -0.15) is 0 Å². The second-order valence-corrected chi connectivity index (χ2v) is 7.29. The van der Waals surface area contributed by atoms with Crippen LogP contribution in [0.25, 0.3) is 0 Å². The Kier molecular flexibility index (Phi) is 6.55. The average Bonchev–Trinajstić information content (AvgIpc) is 2.27. The van der Waals surface area contributed by atoms with Gasteiger partial charge in [-0.25, -0.2) is 13.1 Å². The molecule has 0 unspecified atom stereocenters. The lowest BCUT2D eigenvalue weighted by atomic mass is 9.87. The maximum absolute atomic E-state index is 11.7. The first kappa shape index (κ1) is 15.9. The number of hydrogen-bond acceptors (Lipinski definition) is 4. The van der Waals surface area contributed by atoms with Crippen LogP contribution in [-0.2, 0) is 14.8 Å². The van der Waals surface area contributed by atoms with E-state index in [0.29, 0.717) is 18.5 Å². The highest BCUT2D eigenvalue weighted by Gasteiger charge is 2.20. The van der Waals surface area contributed by atoms with Crippen molar-refractivity contribution < 1.29 is 13.2 Å². The lowest BCUT2D eigenvalue weighted by molar-refractivity contribution is 0.0911. The summed E-state index contributed by atoms with van der Waals surface area (Å²) in [5.41, 5.74) is 5.82. The van der Waals surface area contributed by atoms with Crippen molar-refractivity contribution in [1.82, 2.24) is 4.72 Å². The molecule has 0 aromatic carbocycles. The third-order valence-corrected chi connectivity index (χ3v) is 4.60. The Morgan fingerprint density at radius 2 is 1.89 bits per heavy atom. The van der Waals surface area contributed by atoms with Gasteiger partial charge in [0.2, 0.25) is 10.0 Å². The van der Waals surface area contributed by atoms with Gasteiger partial charge >= 0.3 is 0 Å². The van der Waals surface area contributed by atoms with Crippen molar-refractivity contribution in [2.24, 2.45) is 11.7 Å². The fraction of sp³-hybridized carbons (Fsp3) is 1.00. The summed E-state index contributed by atoms with van der Waals surface area (Å²) in [6.07, 6.45) is 4.12. The van der Waals surface area contributed by atoms with Crippen LogP contribution in [0.3, 0.4) is 0 Å². The molecule has 1 fully saturated rings. The molecule has 1 aliphatic rings. The van der Waals surface area contributed by atoms with E-state index in [0.717, 1.165) is 25.7 Å². The van der Waals surface area contributed by atoms with Crippen LogP contribution in [0, 0.1) is 5.92 Å². The molecule has 18 heavy (non-hydrogen) atoms. The quantitative estimate of drug-likeness (QED) is 0.723. The highest BCUT2D eigenvalue weighted by atomic mass is 32.2. The lowest BCUT2D eigenvalue weighted by Crippen LogP contribution is -2.36. The molecule has 0 atom stereocenters. The molecule has 5 nitrogen and oxygen atoms in total. The van der Waals surface area contributed by atoms with Crippen LogP contribution in [0.5, 0.6) is 0 Å². The Hall–Kier alpha value is -0.170. The molecular weight excluding hydrogens is 252 g/mol. The second-order valence-electron chi connectivity index (χ2n) is 5.37. The van der Waals surface area contributed by atoms with Crippen LogP contribution in [0.1, 0.15) is 39.5 Å². The van der Waals surface area contributed by atoms with E-state index in [2.05, 4.69) is 4.72 Å². The Balaban J connectivity index is 2.20. The minimum atomic E-state index is -3.20. The van der Waals surface area contributed by atoms with Crippen LogP contribution < -0.4 is 10.5 Å². The van der Waals surface area contributed by atoms with Gasteiger partial charge in [0, 0.05) is 12.6 Å². The zero-order chi connectivity index (χ0) is 13.6. The van der Waals surface area contributed by atoms with Crippen LogP contribution in [0.2, 0.25) is 0 Å². The summed E-state index contributed by atoms with van der Waals surface area (Å²) in [5, 5.41) is 0. The summed E-state index contributed by atoms with van der Waals surface area (Å²) in [6.45, 7) is 4.58. The third kappa shape index (κ3) is 6.68. The van der Waals surface area contributed by atoms with Gasteiger partial charge in [0.05, 0.1) is 18.5 Å². The highest BCUT2D eigenvalue weighted by molar-refractivity contribution is 7.89. The van der Waals surface area contributed by atoms with Gasteiger partial charge < -0.3 is 10.5 Å². The van der Waals surface area contributed by atoms with Crippen molar-refractivity contribution >= 4 is 10.0 Å². The van der Waals surface area contributed by atoms with Gasteiger partial charge in [-0.15, -0.1) is 0 Å². The fourth-order valence-electron chi connectivity index (χ4n) is 2.10. The topological polar surface area (TPSA) is 81.4 Å². The van der Waals surface area contributed by atoms with Gasteiger partial charge in [0.25, 0.3) is 0 Å². The van der Waals surface area contributed by atoms with E-state index in [-0.39, 0.29) is 18.5 Å². The molecule has 1 rings (SSSR count). The number of nitrogens with two attached hydrogens (primary N) is 1. The molecule has 1 saturated carbocycles. The normalized spacial score (nSPS) is 25.6. The largest absolute Gasteiger partial charge is 0.378 e. The second kappa shape index (κ2) is 7.43. The van der Waals surface area contributed by atoms with Crippen LogP contribution in [0.15, 0.2) is 0 Å². The van der Waals surface area contributed by atoms with E-state index >= 15 is 0 Å². The Morgan fingerprint density at radius 3 is 2.44 bits per heavy atom. The molecule has 0 saturated heterocycles. The summed E-state index contributed by atoms with van der Waals surface area (Å²) in [4.78, 5) is 0. The van der Waals surface area contributed by atoms with Gasteiger partial charge in [-0.05, 0) is 45.4 Å². The monoisotopic (exact) mass is 278 g/mol. The van der Waals surface area contributed by atoms with Crippen molar-refractivity contribution in [3.8, 4) is 0 Å². The first-order valence-electron chi connectivity index (χ1n) is 6.73. The number of hydrogen-bond donors (Lipinski definition) is 2. The number of nitrogens with one attached hydrogen (secondary N) is 1. The predicted octanol–water partition coefficient (Wildman–Crippen LogP) is 0.848. The Morgan fingerprint density at radius 1 is 1.28 bits per heavy atom. The maximum atomic E-state index is 11.7. The van der Waals surface area contributed by atoms with Crippen LogP contribution in [-0.4, -0.2) is 39.5 Å². The van der Waals surface area contributed by atoms with Crippen LogP contribution >= 0.6 is 0 Å². The van der Waals surface area contributed by atoms with Crippen LogP contribution in [0.4, 0.5) is 0 Å². The van der Waals surface area contributed by atoms with E-state index in [9.17, 15) is 8.42 Å². The molecule has 0 aromatic rings. The molecule has 1 aliphatic carbocycles. The van der Waals surface area contributed by atoms with Crippen molar-refractivity contribution in [1.29, 1.82) is 0 Å². The third-order valence-electron chi connectivity index (χ3n) is 3.29. The maximum Gasteiger partial charge on any atom is 0.213 e. The Bertz CT molecular complexity index is 322. The predicted molar refractivity (Wildman–Crippen MR) is 72.8 cm³/mol. The minimum Gasteiger partial charge on any atom is -0.378 e. The Labute approximate surface area is 111 Å². The number of rotatable bonds is 7. The molecule has 108 valence electrons. The molecule has 6 heteroatoms. The summed E-state index contributed by atoms with van der Waals surface area (Å²) in [6, 6.07) is 0.303. The van der Waals surface area contributed by atoms with E-state index in [4.69, 9.17) is 10.5 Å². The standard InChI is InChI=1S/C12H26N2O3S/c1-10(2)17-7-8-18(15,16)14-9-11-3-5-12(13)6-4-11/h10-12,14H,3-9,13H2,1-2H3. The summed E-state index contributed by atoms with van der Waals surface area (Å²) >= 11 is 0. The van der Waals surface area contributed by atoms with E-state index in [1.54, 1.807) is 0 Å². The molecule has 0 aliphatic heterocycles. The van der Waals surface area contributed by atoms with Crippen molar-refractivity contribution in [3.63, 3.8) is 0 Å². The van der Waals surface area contributed by atoms with Crippen molar-refractivity contribution in [2.45, 2.75) is 51.7 Å². The van der Waals surface area contributed by atoms with Crippen molar-refractivity contribution in [2.75, 3.05) is 18.9 Å². The van der Waals surface area contributed by atoms with E-state index in [1.165, 1.54) is 0 Å². The summed E-state index contributed by atoms with van der Waals surface area (Å²) < 4.78 is 31.3. The average molecular weight is 278 g/mol. The summed E-state index contributed by atoms with van der Waals surface area (Å²) in [5.74, 6) is 0.475. The molecule has 3 N–H and O–H groups in total. The molecule has 0 radical (unpaired) electrons. The molecule has 0 heterocycles. The van der Waals surface area contributed by atoms with Gasteiger partial charge in [0.1, 0.15) is 0 Å². The van der Waals surface area contributed by atoms with Gasteiger partial charge in [0.15, 0.2) is 0 Å². The molecule has 0 aromatic heterocycles. The SMILES string of the molecule is CC(C)OCCS(=O)(=O)NCC1CCC(N)CC1. The first-order valence-corrected chi connectivity index (χ1v) is 8.39. The van der Waals surface area contributed by atoms with Crippen molar-refractivity contribution in [3.05, 3.63) is 0 Å². The van der Waals surface area contributed by atoms with Gasteiger partial charge in [-0.1, -0.05) is 0 Å². The zero-order valence-corrected chi connectivity index (χ0v) is 12.2. The first-order chi connectivity index (χ1) is 8.39. The molecule has 0 amide bonds. The highest BCUT2D eigenvalue weighted by Crippen LogP contribution is 2.22. The van der Waals surface area contributed by atoms with Gasteiger partial charge in [-0.3, -0.25) is 0 Å². The molecular formula is C12H26N2O3S. The number of ether oxygens (including phenoxy) is 1. The lowest BCUT2D eigenvalue weighted by Gasteiger charge is -2.26. The van der Waals surface area contributed by atoms with E-state index < -0.39 is 10.0 Å². The number of sulfonamides is 1. The zero-order valence-electron chi connectivity index (χ0n) is 11.4. The fourth-order valence-corrected chi connectivity index (χ4v) is 3.05. The minimum absolute atomic E-state index is 0.0391. The molecule has 0 spiro atoms. The molecule has 0 bridgehead atoms. The van der Waals surface area contributed by atoms with E-state index in [1.807, 2.05) is 13.8 Å².